The van der Waals surface area contributed by atoms with Crippen LogP contribution in [0.5, 0.6) is 0 Å². The van der Waals surface area contributed by atoms with Crippen LogP contribution >= 0.6 is 11.3 Å². The molecule has 1 aliphatic carbocycles. The van der Waals surface area contributed by atoms with Crippen molar-refractivity contribution in [2.75, 3.05) is 6.54 Å². The Kier molecular flexibility index (Phi) is 4.04. The second kappa shape index (κ2) is 6.56. The van der Waals surface area contributed by atoms with Gasteiger partial charge in [-0.05, 0) is 43.7 Å². The van der Waals surface area contributed by atoms with Gasteiger partial charge in [0.2, 0.25) is 0 Å². The normalized spacial score (nSPS) is 19.7. The smallest absolute Gasteiger partial charge is 0.273 e. The van der Waals surface area contributed by atoms with E-state index in [9.17, 15) is 9.59 Å². The number of hydrogen-bond donors (Lipinski definition) is 0. The second-order valence-corrected chi connectivity index (χ2v) is 8.10. The van der Waals surface area contributed by atoms with Crippen LogP contribution in [0.15, 0.2) is 40.0 Å². The van der Waals surface area contributed by atoms with Crippen molar-refractivity contribution in [3.05, 3.63) is 57.0 Å². The summed E-state index contributed by atoms with van der Waals surface area (Å²) in [5.74, 6) is 1.21. The van der Waals surface area contributed by atoms with E-state index in [4.69, 9.17) is 4.98 Å². The maximum absolute atomic E-state index is 13.2. The standard InChI is InChI=1S/C20H20N4O2S/c25-19-14-4-1-2-5-15(14)22-18(24(19)10-13-7-8-13)17-6-3-9-23(17)20(26)16-11-27-12-21-16/h1-2,4-5,11-13,17H,3,6-10H2. The molecule has 2 aliphatic rings. The summed E-state index contributed by atoms with van der Waals surface area (Å²) in [5, 5.41) is 2.43. The number of likely N-dealkylation sites (tertiary alicyclic amines) is 1. The number of carbonyl (C=O) groups is 1. The maximum atomic E-state index is 13.2. The van der Waals surface area contributed by atoms with Gasteiger partial charge in [-0.1, -0.05) is 12.1 Å². The van der Waals surface area contributed by atoms with Crippen molar-refractivity contribution >= 4 is 28.1 Å². The first kappa shape index (κ1) is 16.6. The summed E-state index contributed by atoms with van der Waals surface area (Å²) in [7, 11) is 0. The monoisotopic (exact) mass is 380 g/mol. The van der Waals surface area contributed by atoms with E-state index < -0.39 is 0 Å². The highest BCUT2D eigenvalue weighted by molar-refractivity contribution is 7.07. The van der Waals surface area contributed by atoms with Crippen molar-refractivity contribution in [3.8, 4) is 0 Å². The number of hydrogen-bond acceptors (Lipinski definition) is 5. The number of rotatable bonds is 4. The summed E-state index contributed by atoms with van der Waals surface area (Å²) in [5.41, 5.74) is 2.87. The van der Waals surface area contributed by atoms with Gasteiger partial charge in [-0.2, -0.15) is 0 Å². The van der Waals surface area contributed by atoms with Gasteiger partial charge in [0, 0.05) is 18.5 Å². The summed E-state index contributed by atoms with van der Waals surface area (Å²) < 4.78 is 1.83. The lowest BCUT2D eigenvalue weighted by atomic mass is 10.1. The highest BCUT2D eigenvalue weighted by atomic mass is 32.1. The predicted octanol–water partition coefficient (Wildman–Crippen LogP) is 3.24. The third-order valence-corrected chi connectivity index (χ3v) is 6.08. The number of thiazole rings is 1. The van der Waals surface area contributed by atoms with E-state index in [2.05, 4.69) is 4.98 Å². The van der Waals surface area contributed by atoms with Crippen LogP contribution in [0.1, 0.15) is 48.0 Å². The molecule has 1 atom stereocenters. The lowest BCUT2D eigenvalue weighted by Gasteiger charge is -2.26. The number of fused-ring (bicyclic) bond motifs is 1. The SMILES string of the molecule is O=C(c1cscn1)N1CCCC1c1nc2ccccc2c(=O)n1CC1CC1. The Morgan fingerprint density at radius 2 is 2.07 bits per heavy atom. The lowest BCUT2D eigenvalue weighted by Crippen LogP contribution is -2.36. The Morgan fingerprint density at radius 1 is 1.22 bits per heavy atom. The fourth-order valence-corrected chi connectivity index (χ4v) is 4.44. The molecule has 3 aromatic rings. The van der Waals surface area contributed by atoms with Gasteiger partial charge in [-0.15, -0.1) is 11.3 Å². The fraction of sp³-hybridized carbons (Fsp3) is 0.400. The first-order valence-corrected chi connectivity index (χ1v) is 10.4. The molecule has 1 saturated heterocycles. The molecule has 138 valence electrons. The zero-order valence-corrected chi connectivity index (χ0v) is 15.7. The number of carbonyl (C=O) groups excluding carboxylic acids is 1. The van der Waals surface area contributed by atoms with Crippen LogP contribution in [0.4, 0.5) is 0 Å². The van der Waals surface area contributed by atoms with Gasteiger partial charge in [0.05, 0.1) is 22.5 Å². The summed E-state index contributed by atoms with van der Waals surface area (Å²) >= 11 is 1.42. The number of nitrogens with zero attached hydrogens (tertiary/aromatic N) is 4. The third kappa shape index (κ3) is 2.96. The highest BCUT2D eigenvalue weighted by Crippen LogP contribution is 2.35. The average molecular weight is 380 g/mol. The van der Waals surface area contributed by atoms with E-state index in [1.165, 1.54) is 11.3 Å². The number of amides is 1. The Balaban J connectivity index is 1.62. The molecule has 1 aliphatic heterocycles. The van der Waals surface area contributed by atoms with Gasteiger partial charge in [0.15, 0.2) is 0 Å². The molecule has 7 heteroatoms. The van der Waals surface area contributed by atoms with Crippen LogP contribution in [-0.4, -0.2) is 31.9 Å². The summed E-state index contributed by atoms with van der Waals surface area (Å²) in [6.07, 6.45) is 4.05. The van der Waals surface area contributed by atoms with E-state index in [0.717, 1.165) is 31.5 Å². The van der Waals surface area contributed by atoms with E-state index in [0.29, 0.717) is 35.6 Å². The topological polar surface area (TPSA) is 68.1 Å². The quantitative estimate of drug-likeness (QED) is 0.697. The molecule has 1 amide bonds. The number of para-hydroxylation sites is 1. The number of benzene rings is 1. The van der Waals surface area contributed by atoms with Crippen molar-refractivity contribution in [1.82, 2.24) is 19.4 Å². The molecule has 2 fully saturated rings. The summed E-state index contributed by atoms with van der Waals surface area (Å²) in [6, 6.07) is 7.32. The average Bonchev–Trinajstić information content (AvgIpc) is 3.15. The van der Waals surface area contributed by atoms with E-state index >= 15 is 0 Å². The van der Waals surface area contributed by atoms with Crippen LogP contribution in [-0.2, 0) is 6.54 Å². The Morgan fingerprint density at radius 3 is 2.85 bits per heavy atom. The number of aromatic nitrogens is 3. The van der Waals surface area contributed by atoms with Crippen molar-refractivity contribution in [2.45, 2.75) is 38.3 Å². The maximum Gasteiger partial charge on any atom is 0.273 e. The largest absolute Gasteiger partial charge is 0.327 e. The summed E-state index contributed by atoms with van der Waals surface area (Å²) in [6.45, 7) is 1.37. The van der Waals surface area contributed by atoms with Gasteiger partial charge in [0.25, 0.3) is 11.5 Å². The van der Waals surface area contributed by atoms with Crippen LogP contribution in [0.2, 0.25) is 0 Å². The zero-order chi connectivity index (χ0) is 18.4. The molecule has 27 heavy (non-hydrogen) atoms. The van der Waals surface area contributed by atoms with Crippen LogP contribution < -0.4 is 5.56 Å². The van der Waals surface area contributed by atoms with Gasteiger partial charge in [-0.25, -0.2) is 9.97 Å². The molecule has 5 rings (SSSR count). The molecule has 1 saturated carbocycles. The third-order valence-electron chi connectivity index (χ3n) is 5.49. The molecule has 0 radical (unpaired) electrons. The van der Waals surface area contributed by atoms with Crippen molar-refractivity contribution in [3.63, 3.8) is 0 Å². The minimum Gasteiger partial charge on any atom is -0.327 e. The van der Waals surface area contributed by atoms with Crippen molar-refractivity contribution < 1.29 is 4.79 Å². The predicted molar refractivity (Wildman–Crippen MR) is 104 cm³/mol. The molecule has 1 aromatic carbocycles. The van der Waals surface area contributed by atoms with Crippen LogP contribution in [0.3, 0.4) is 0 Å². The summed E-state index contributed by atoms with van der Waals surface area (Å²) in [4.78, 5) is 37.0. The minimum absolute atomic E-state index is 0.00968. The minimum atomic E-state index is -0.171. The fourth-order valence-electron chi connectivity index (χ4n) is 3.92. The van der Waals surface area contributed by atoms with Crippen molar-refractivity contribution in [1.29, 1.82) is 0 Å². The highest BCUT2D eigenvalue weighted by Gasteiger charge is 2.35. The first-order chi connectivity index (χ1) is 13.2. The van der Waals surface area contributed by atoms with Crippen LogP contribution in [0, 0.1) is 5.92 Å². The molecular formula is C20H20N4O2S. The Hall–Kier alpha value is -2.54. The zero-order valence-electron chi connectivity index (χ0n) is 14.9. The van der Waals surface area contributed by atoms with Gasteiger partial charge < -0.3 is 4.90 Å². The lowest BCUT2D eigenvalue weighted by molar-refractivity contribution is 0.0721. The molecule has 1 unspecified atom stereocenters. The van der Waals surface area contributed by atoms with Gasteiger partial charge >= 0.3 is 0 Å². The van der Waals surface area contributed by atoms with E-state index in [-0.39, 0.29) is 17.5 Å². The first-order valence-electron chi connectivity index (χ1n) is 9.41. The molecule has 0 N–H and O–H groups in total. The van der Waals surface area contributed by atoms with Crippen LogP contribution in [0.25, 0.3) is 10.9 Å². The van der Waals surface area contributed by atoms with Gasteiger partial charge in [-0.3, -0.25) is 14.2 Å². The molecule has 3 heterocycles. The Bertz CT molecular complexity index is 1060. The molecule has 2 aromatic heterocycles. The molecular weight excluding hydrogens is 360 g/mol. The molecule has 0 spiro atoms. The second-order valence-electron chi connectivity index (χ2n) is 7.38. The van der Waals surface area contributed by atoms with E-state index in [1.807, 2.05) is 33.7 Å². The van der Waals surface area contributed by atoms with Crippen molar-refractivity contribution in [2.24, 2.45) is 5.92 Å². The van der Waals surface area contributed by atoms with Gasteiger partial charge in [0.1, 0.15) is 11.5 Å². The molecule has 6 nitrogen and oxygen atoms in total. The Labute approximate surface area is 160 Å². The molecule has 0 bridgehead atoms. The van der Waals surface area contributed by atoms with E-state index in [1.54, 1.807) is 10.9 Å².